The average Bonchev–Trinajstić information content (AvgIpc) is 3.14. The van der Waals surface area contributed by atoms with Crippen molar-refractivity contribution in [2.75, 3.05) is 50.4 Å². The highest BCUT2D eigenvalue weighted by molar-refractivity contribution is 7.98. The number of hydrogen-bond donors (Lipinski definition) is 0. The van der Waals surface area contributed by atoms with Crippen molar-refractivity contribution in [2.24, 2.45) is 0 Å². The van der Waals surface area contributed by atoms with Crippen LogP contribution in [0.2, 0.25) is 5.02 Å². The number of halogens is 1. The molecule has 2 aliphatic heterocycles. The first kappa shape index (κ1) is 25.4. The number of nitrogens with zero attached hydrogens (tertiary/aromatic N) is 3. The van der Waals surface area contributed by atoms with Crippen LogP contribution in [0.3, 0.4) is 0 Å². The molecule has 0 unspecified atom stereocenters. The first-order chi connectivity index (χ1) is 16.3. The highest BCUT2D eigenvalue weighted by atomic mass is 35.5. The van der Waals surface area contributed by atoms with Crippen LogP contribution in [0.15, 0.2) is 46.2 Å². The van der Waals surface area contributed by atoms with E-state index in [-0.39, 0.29) is 10.8 Å². The lowest BCUT2D eigenvalue weighted by molar-refractivity contribution is 0.0758. The average molecular weight is 522 g/mol. The van der Waals surface area contributed by atoms with Crippen molar-refractivity contribution in [1.82, 2.24) is 9.21 Å². The summed E-state index contributed by atoms with van der Waals surface area (Å²) in [5.74, 6) is -0.0652. The van der Waals surface area contributed by atoms with Gasteiger partial charge in [0.25, 0.3) is 5.91 Å². The largest absolute Gasteiger partial charge is 0.369 e. The van der Waals surface area contributed by atoms with Crippen LogP contribution in [0, 0.1) is 6.92 Å². The molecule has 0 bridgehead atoms. The number of carbonyl (C=O) groups excluding carboxylic acids is 1. The molecular weight excluding hydrogens is 490 g/mol. The molecular formula is C25H32ClN3O3S2. The lowest BCUT2D eigenvalue weighted by atomic mass is 10.1. The highest BCUT2D eigenvalue weighted by Crippen LogP contribution is 2.29. The molecule has 34 heavy (non-hydrogen) atoms. The fourth-order valence-corrected chi connectivity index (χ4v) is 6.89. The fourth-order valence-electron chi connectivity index (χ4n) is 4.70. The molecule has 4 rings (SSSR count). The minimum atomic E-state index is -3.70. The maximum Gasteiger partial charge on any atom is 0.255 e. The number of likely N-dealkylation sites (tertiary alicyclic amines) is 1. The van der Waals surface area contributed by atoms with E-state index in [2.05, 4.69) is 4.90 Å². The molecule has 0 atom stereocenters. The number of sulfonamides is 1. The first-order valence-corrected chi connectivity index (χ1v) is 14.8. The zero-order valence-corrected chi connectivity index (χ0v) is 22.2. The van der Waals surface area contributed by atoms with Crippen molar-refractivity contribution >= 4 is 45.0 Å². The SMILES string of the molecule is CSc1ccc(S(=O)(=O)N2CCN(c3cc(Cl)ccc3C)CC2)cc1C(=O)N1CCCCCC1. The topological polar surface area (TPSA) is 60.9 Å². The predicted octanol–water partition coefficient (Wildman–Crippen LogP) is 4.90. The van der Waals surface area contributed by atoms with Crippen LogP contribution in [0.5, 0.6) is 0 Å². The number of anilines is 1. The monoisotopic (exact) mass is 521 g/mol. The maximum absolute atomic E-state index is 13.5. The highest BCUT2D eigenvalue weighted by Gasteiger charge is 2.31. The summed E-state index contributed by atoms with van der Waals surface area (Å²) in [5.41, 5.74) is 2.65. The Hall–Kier alpha value is -1.74. The van der Waals surface area contributed by atoms with E-state index in [1.807, 2.05) is 36.3 Å². The second-order valence-electron chi connectivity index (χ2n) is 8.89. The Kier molecular flexibility index (Phi) is 8.12. The van der Waals surface area contributed by atoms with Crippen LogP contribution in [-0.4, -0.2) is 69.1 Å². The molecule has 0 aromatic heterocycles. The van der Waals surface area contributed by atoms with E-state index in [0.29, 0.717) is 36.8 Å². The van der Waals surface area contributed by atoms with Gasteiger partial charge >= 0.3 is 0 Å². The van der Waals surface area contributed by atoms with Gasteiger partial charge in [0.15, 0.2) is 0 Å². The Morgan fingerprint density at radius 2 is 1.59 bits per heavy atom. The van der Waals surface area contributed by atoms with E-state index in [0.717, 1.165) is 54.9 Å². The summed E-state index contributed by atoms with van der Waals surface area (Å²) in [6.45, 7) is 5.43. The van der Waals surface area contributed by atoms with E-state index >= 15 is 0 Å². The van der Waals surface area contributed by atoms with E-state index in [4.69, 9.17) is 11.6 Å². The maximum atomic E-state index is 13.5. The summed E-state index contributed by atoms with van der Waals surface area (Å²) < 4.78 is 28.5. The third-order valence-corrected chi connectivity index (χ3v) is 9.61. The van der Waals surface area contributed by atoms with Crippen LogP contribution < -0.4 is 4.90 Å². The van der Waals surface area contributed by atoms with Gasteiger partial charge in [-0.15, -0.1) is 11.8 Å². The third kappa shape index (κ3) is 5.40. The van der Waals surface area contributed by atoms with Gasteiger partial charge in [-0.05, 0) is 61.9 Å². The number of amides is 1. The number of rotatable bonds is 5. The van der Waals surface area contributed by atoms with E-state index in [9.17, 15) is 13.2 Å². The summed E-state index contributed by atoms with van der Waals surface area (Å²) in [6, 6.07) is 10.8. The summed E-state index contributed by atoms with van der Waals surface area (Å²) in [6.07, 6.45) is 6.17. The summed E-state index contributed by atoms with van der Waals surface area (Å²) in [5, 5.41) is 0.672. The normalized spacial score (nSPS) is 18.1. The minimum Gasteiger partial charge on any atom is -0.369 e. The molecule has 2 fully saturated rings. The van der Waals surface area contributed by atoms with Crippen LogP contribution in [-0.2, 0) is 10.0 Å². The Balaban J connectivity index is 1.54. The van der Waals surface area contributed by atoms with Crippen molar-refractivity contribution in [3.63, 3.8) is 0 Å². The summed E-state index contributed by atoms with van der Waals surface area (Å²) >= 11 is 7.66. The Bertz CT molecular complexity index is 1140. The van der Waals surface area contributed by atoms with Crippen molar-refractivity contribution < 1.29 is 13.2 Å². The van der Waals surface area contributed by atoms with Gasteiger partial charge in [0.1, 0.15) is 0 Å². The summed E-state index contributed by atoms with van der Waals surface area (Å²) in [4.78, 5) is 18.4. The van der Waals surface area contributed by atoms with E-state index in [1.165, 1.54) is 16.1 Å². The number of carbonyl (C=O) groups is 1. The molecule has 2 aromatic rings. The van der Waals surface area contributed by atoms with Gasteiger partial charge in [-0.25, -0.2) is 8.42 Å². The Morgan fingerprint density at radius 3 is 2.24 bits per heavy atom. The molecule has 2 aromatic carbocycles. The van der Waals surface area contributed by atoms with Crippen molar-refractivity contribution in [2.45, 2.75) is 42.4 Å². The lowest BCUT2D eigenvalue weighted by Gasteiger charge is -2.36. The van der Waals surface area contributed by atoms with Crippen LogP contribution in [0.4, 0.5) is 5.69 Å². The number of piperazine rings is 1. The number of benzene rings is 2. The summed E-state index contributed by atoms with van der Waals surface area (Å²) in [7, 11) is -3.70. The molecule has 1 amide bonds. The van der Waals surface area contributed by atoms with Gasteiger partial charge in [-0.1, -0.05) is 30.5 Å². The van der Waals surface area contributed by atoms with Crippen LogP contribution in [0.25, 0.3) is 0 Å². The molecule has 2 aliphatic rings. The fraction of sp³-hybridized carbons (Fsp3) is 0.480. The van der Waals surface area contributed by atoms with E-state index in [1.54, 1.807) is 18.2 Å². The molecule has 0 N–H and O–H groups in total. The Morgan fingerprint density at radius 1 is 0.912 bits per heavy atom. The third-order valence-electron chi connectivity index (χ3n) is 6.68. The standard InChI is InChI=1S/C25H32ClN3O3S2/c1-19-7-8-20(26)17-23(19)27-13-15-29(16-14-27)34(31,32)21-9-10-24(33-2)22(18-21)25(30)28-11-5-3-4-6-12-28/h7-10,17-18H,3-6,11-16H2,1-2H3. The molecule has 2 heterocycles. The van der Waals surface area contributed by atoms with Gasteiger partial charge in [0, 0.05) is 54.9 Å². The zero-order chi connectivity index (χ0) is 24.3. The van der Waals surface area contributed by atoms with Gasteiger partial charge in [0.05, 0.1) is 10.5 Å². The van der Waals surface area contributed by atoms with Crippen LogP contribution in [0.1, 0.15) is 41.6 Å². The van der Waals surface area contributed by atoms with Crippen molar-refractivity contribution in [3.8, 4) is 0 Å². The van der Waals surface area contributed by atoms with Gasteiger partial charge in [-0.3, -0.25) is 4.79 Å². The quantitative estimate of drug-likeness (QED) is 0.524. The number of aryl methyl sites for hydroxylation is 1. The molecule has 184 valence electrons. The van der Waals surface area contributed by atoms with Gasteiger partial charge in [0.2, 0.25) is 10.0 Å². The molecule has 0 aliphatic carbocycles. The van der Waals surface area contributed by atoms with Crippen molar-refractivity contribution in [1.29, 1.82) is 0 Å². The molecule has 6 nitrogen and oxygen atoms in total. The Labute approximate surface area is 212 Å². The lowest BCUT2D eigenvalue weighted by Crippen LogP contribution is -2.48. The number of thioether (sulfide) groups is 1. The minimum absolute atomic E-state index is 0.0652. The zero-order valence-electron chi connectivity index (χ0n) is 19.8. The second-order valence-corrected chi connectivity index (χ2v) is 12.1. The van der Waals surface area contributed by atoms with E-state index < -0.39 is 10.0 Å². The molecule has 0 saturated carbocycles. The predicted molar refractivity (Wildman–Crippen MR) is 140 cm³/mol. The molecule has 0 spiro atoms. The molecule has 0 radical (unpaired) electrons. The first-order valence-electron chi connectivity index (χ1n) is 11.8. The van der Waals surface area contributed by atoms with Gasteiger partial charge < -0.3 is 9.80 Å². The second kappa shape index (κ2) is 10.9. The molecule has 9 heteroatoms. The van der Waals surface area contributed by atoms with Crippen LogP contribution >= 0.6 is 23.4 Å². The number of hydrogen-bond acceptors (Lipinski definition) is 5. The van der Waals surface area contributed by atoms with Gasteiger partial charge in [-0.2, -0.15) is 4.31 Å². The molecule has 2 saturated heterocycles. The smallest absolute Gasteiger partial charge is 0.255 e. The van der Waals surface area contributed by atoms with Crippen molar-refractivity contribution in [3.05, 3.63) is 52.5 Å².